The van der Waals surface area contributed by atoms with E-state index in [2.05, 4.69) is 56.8 Å². The molecule has 4 rings (SSSR count). The maximum atomic E-state index is 5.77. The van der Waals surface area contributed by atoms with Crippen molar-refractivity contribution in [2.45, 2.75) is 18.8 Å². The van der Waals surface area contributed by atoms with Crippen LogP contribution in [-0.4, -0.2) is 29.4 Å². The molecule has 7 heteroatoms. The summed E-state index contributed by atoms with van der Waals surface area (Å²) in [5, 5.41) is 4.01. The Labute approximate surface area is 175 Å². The van der Waals surface area contributed by atoms with Gasteiger partial charge in [0.2, 0.25) is 0 Å². The summed E-state index contributed by atoms with van der Waals surface area (Å²) in [6.07, 6.45) is 5.68. The molecular formula is C22H23N5OS. The number of nitrogens with zero attached hydrogens (tertiary/aromatic N) is 3. The molecule has 1 fully saturated rings. The number of benzene rings is 1. The first-order chi connectivity index (χ1) is 14.2. The van der Waals surface area contributed by atoms with Gasteiger partial charge in [-0.25, -0.2) is 4.98 Å². The zero-order valence-corrected chi connectivity index (χ0v) is 16.8. The highest BCUT2D eigenvalue weighted by Gasteiger charge is 2.21. The predicted octanol–water partition coefficient (Wildman–Crippen LogP) is 3.89. The molecule has 3 N–H and O–H groups in total. The quantitative estimate of drug-likeness (QED) is 0.381. The molecule has 3 aromatic rings. The van der Waals surface area contributed by atoms with E-state index < -0.39 is 0 Å². The number of nitrogens with two attached hydrogens (primary N) is 1. The van der Waals surface area contributed by atoms with Gasteiger partial charge in [0.05, 0.1) is 6.21 Å². The molecule has 0 aliphatic carbocycles. The normalized spacial score (nSPS) is 15.0. The van der Waals surface area contributed by atoms with Crippen LogP contribution in [0.15, 0.2) is 70.3 Å². The first-order valence-electron chi connectivity index (χ1n) is 9.64. The van der Waals surface area contributed by atoms with Crippen molar-refractivity contribution in [3.05, 3.63) is 72.1 Å². The number of furan rings is 1. The van der Waals surface area contributed by atoms with Crippen LogP contribution in [0.25, 0.3) is 11.3 Å². The number of rotatable bonds is 5. The monoisotopic (exact) mass is 405 g/mol. The number of anilines is 1. The van der Waals surface area contributed by atoms with Crippen LogP contribution in [0.1, 0.15) is 30.1 Å². The molecule has 29 heavy (non-hydrogen) atoms. The largest absolute Gasteiger partial charge is 0.455 e. The van der Waals surface area contributed by atoms with E-state index >= 15 is 0 Å². The van der Waals surface area contributed by atoms with Gasteiger partial charge in [-0.05, 0) is 60.8 Å². The van der Waals surface area contributed by atoms with E-state index in [4.69, 9.17) is 22.4 Å². The molecule has 6 nitrogen and oxygen atoms in total. The third kappa shape index (κ3) is 4.81. The zero-order valence-electron chi connectivity index (χ0n) is 16.0. The van der Waals surface area contributed by atoms with Crippen LogP contribution in [0.3, 0.4) is 0 Å². The Morgan fingerprint density at radius 3 is 2.62 bits per heavy atom. The molecule has 1 saturated heterocycles. The van der Waals surface area contributed by atoms with Crippen molar-refractivity contribution in [1.29, 1.82) is 0 Å². The highest BCUT2D eigenvalue weighted by atomic mass is 32.1. The molecule has 1 aliphatic rings. The molecule has 148 valence electrons. The first kappa shape index (κ1) is 19.1. The average molecular weight is 406 g/mol. The summed E-state index contributed by atoms with van der Waals surface area (Å²) in [4.78, 5) is 7.01. The minimum absolute atomic E-state index is 0.112. The zero-order chi connectivity index (χ0) is 20.1. The maximum Gasteiger partial charge on any atom is 0.184 e. The topological polar surface area (TPSA) is 79.7 Å². The fraction of sp³-hybridized carbons (Fsp3) is 0.227. The van der Waals surface area contributed by atoms with Gasteiger partial charge in [-0.2, -0.15) is 5.10 Å². The lowest BCUT2D eigenvalue weighted by Gasteiger charge is -2.33. The number of hydrogen-bond acceptors (Lipinski definition) is 5. The standard InChI is InChI=1S/C22H23N5OS/c23-22(29)26-25-15-19-7-8-20(28-19)18-6-9-21(24-14-18)27-12-10-17(11-13-27)16-4-2-1-3-5-16/h1-9,14-15,17H,10-13H2,(H3,23,26,29). The van der Waals surface area contributed by atoms with Gasteiger partial charge in [0.1, 0.15) is 17.3 Å². The van der Waals surface area contributed by atoms with Crippen LogP contribution in [0.4, 0.5) is 5.82 Å². The smallest absolute Gasteiger partial charge is 0.184 e. The minimum Gasteiger partial charge on any atom is -0.455 e. The minimum atomic E-state index is 0.112. The van der Waals surface area contributed by atoms with Gasteiger partial charge >= 0.3 is 0 Å². The highest BCUT2D eigenvalue weighted by Crippen LogP contribution is 2.30. The number of piperidine rings is 1. The summed E-state index contributed by atoms with van der Waals surface area (Å²) < 4.78 is 5.77. The van der Waals surface area contributed by atoms with E-state index in [0.29, 0.717) is 11.7 Å². The lowest BCUT2D eigenvalue weighted by atomic mass is 9.89. The summed E-state index contributed by atoms with van der Waals surface area (Å²) in [7, 11) is 0. The Balaban J connectivity index is 1.37. The van der Waals surface area contributed by atoms with Gasteiger partial charge < -0.3 is 15.1 Å². The molecule has 1 aromatic carbocycles. The second-order valence-electron chi connectivity index (χ2n) is 7.01. The van der Waals surface area contributed by atoms with Crippen LogP contribution in [0, 0.1) is 0 Å². The third-order valence-corrected chi connectivity index (χ3v) is 5.21. The van der Waals surface area contributed by atoms with Crippen LogP contribution in [0.5, 0.6) is 0 Å². The second-order valence-corrected chi connectivity index (χ2v) is 7.45. The van der Waals surface area contributed by atoms with E-state index in [1.54, 1.807) is 0 Å². The molecule has 0 amide bonds. The first-order valence-corrected chi connectivity index (χ1v) is 10.0. The fourth-order valence-electron chi connectivity index (χ4n) is 3.62. The Morgan fingerprint density at radius 1 is 1.14 bits per heavy atom. The van der Waals surface area contributed by atoms with Gasteiger partial charge in [-0.1, -0.05) is 30.3 Å². The molecule has 0 spiro atoms. The van der Waals surface area contributed by atoms with E-state index in [9.17, 15) is 0 Å². The average Bonchev–Trinajstić information content (AvgIpc) is 3.23. The predicted molar refractivity (Wildman–Crippen MR) is 120 cm³/mol. The van der Waals surface area contributed by atoms with Crippen LogP contribution in [0.2, 0.25) is 0 Å². The number of hydrazone groups is 1. The highest BCUT2D eigenvalue weighted by molar-refractivity contribution is 7.80. The molecule has 0 bridgehead atoms. The summed E-state index contributed by atoms with van der Waals surface area (Å²) in [6, 6.07) is 18.6. The SMILES string of the molecule is NC(=S)NN=Cc1ccc(-c2ccc(N3CCC(c4ccccc4)CC3)nc2)o1. The van der Waals surface area contributed by atoms with Gasteiger partial charge in [0, 0.05) is 24.8 Å². The van der Waals surface area contributed by atoms with E-state index in [1.807, 2.05) is 24.4 Å². The number of nitrogens with one attached hydrogen (secondary N) is 1. The van der Waals surface area contributed by atoms with E-state index in [1.165, 1.54) is 11.8 Å². The molecule has 0 atom stereocenters. The van der Waals surface area contributed by atoms with Gasteiger partial charge in [-0.3, -0.25) is 5.43 Å². The van der Waals surface area contributed by atoms with Gasteiger partial charge in [-0.15, -0.1) is 0 Å². The van der Waals surface area contributed by atoms with Crippen molar-refractivity contribution in [2.24, 2.45) is 10.8 Å². The molecule has 3 heterocycles. The van der Waals surface area contributed by atoms with E-state index in [-0.39, 0.29) is 5.11 Å². The molecule has 0 unspecified atom stereocenters. The summed E-state index contributed by atoms with van der Waals surface area (Å²) in [6.45, 7) is 2.03. The Morgan fingerprint density at radius 2 is 1.93 bits per heavy atom. The number of hydrogen-bond donors (Lipinski definition) is 2. The van der Waals surface area contributed by atoms with Crippen molar-refractivity contribution in [1.82, 2.24) is 10.4 Å². The van der Waals surface area contributed by atoms with Crippen molar-refractivity contribution in [3.8, 4) is 11.3 Å². The lowest BCUT2D eigenvalue weighted by Crippen LogP contribution is -2.33. The lowest BCUT2D eigenvalue weighted by molar-refractivity contribution is 0.503. The summed E-state index contributed by atoms with van der Waals surface area (Å²) in [5.74, 6) is 2.99. The Bertz CT molecular complexity index is 976. The van der Waals surface area contributed by atoms with E-state index in [0.717, 1.165) is 43.1 Å². The third-order valence-electron chi connectivity index (χ3n) is 5.12. The van der Waals surface area contributed by atoms with Crippen LogP contribution < -0.4 is 16.1 Å². The van der Waals surface area contributed by atoms with Crippen molar-refractivity contribution in [2.75, 3.05) is 18.0 Å². The Hall–Kier alpha value is -3.19. The summed E-state index contributed by atoms with van der Waals surface area (Å²) in [5.41, 5.74) is 10.2. The van der Waals surface area contributed by atoms with Crippen molar-refractivity contribution >= 4 is 29.4 Å². The second kappa shape index (κ2) is 8.87. The molecule has 2 aromatic heterocycles. The van der Waals surface area contributed by atoms with Crippen LogP contribution >= 0.6 is 12.2 Å². The van der Waals surface area contributed by atoms with Crippen molar-refractivity contribution in [3.63, 3.8) is 0 Å². The number of pyridine rings is 1. The fourth-order valence-corrected chi connectivity index (χ4v) is 3.68. The summed E-state index contributed by atoms with van der Waals surface area (Å²) >= 11 is 4.70. The number of aromatic nitrogens is 1. The van der Waals surface area contributed by atoms with Crippen molar-refractivity contribution < 1.29 is 4.42 Å². The number of thiocarbonyl (C=S) groups is 1. The van der Waals surface area contributed by atoms with Gasteiger partial charge in [0.15, 0.2) is 5.11 Å². The maximum absolute atomic E-state index is 5.77. The Kier molecular flexibility index (Phi) is 5.86. The molecule has 0 radical (unpaired) electrons. The molecule has 0 saturated carbocycles. The van der Waals surface area contributed by atoms with Crippen LogP contribution in [-0.2, 0) is 0 Å². The molecule has 1 aliphatic heterocycles. The molecular weight excluding hydrogens is 382 g/mol. The van der Waals surface area contributed by atoms with Gasteiger partial charge in [0.25, 0.3) is 0 Å².